The first-order chi connectivity index (χ1) is 17.6. The molecule has 5 nitrogen and oxygen atoms in total. The number of hydrogen-bond donors (Lipinski definition) is 1. The van der Waals surface area contributed by atoms with Crippen LogP contribution in [0.25, 0.3) is 11.1 Å². The molecule has 0 aliphatic rings. The van der Waals surface area contributed by atoms with Crippen molar-refractivity contribution in [2.24, 2.45) is 0 Å². The van der Waals surface area contributed by atoms with Crippen LogP contribution in [0, 0.1) is 29.7 Å². The molecule has 0 fully saturated rings. The monoisotopic (exact) mass is 493 g/mol. The molecule has 4 aromatic carbocycles. The predicted octanol–water partition coefficient (Wildman–Crippen LogP) is 6.92. The molecular weight excluding hydrogens is 470 g/mol. The molecule has 0 radical (unpaired) electrons. The van der Waals surface area contributed by atoms with Gasteiger partial charge in [0.1, 0.15) is 24.7 Å². The molecule has 6 heteroatoms. The van der Waals surface area contributed by atoms with E-state index < -0.39 is 0 Å². The molecule has 0 amide bonds. The van der Waals surface area contributed by atoms with Gasteiger partial charge in [-0.1, -0.05) is 72.3 Å². The molecule has 0 saturated carbocycles. The van der Waals surface area contributed by atoms with Crippen molar-refractivity contribution in [1.29, 1.82) is 10.5 Å². The fraction of sp³-hybridized carbons (Fsp3) is 0.133. The van der Waals surface area contributed by atoms with E-state index >= 15 is 0 Å². The van der Waals surface area contributed by atoms with E-state index in [1.54, 1.807) is 24.3 Å². The van der Waals surface area contributed by atoms with Crippen molar-refractivity contribution in [1.82, 2.24) is 5.32 Å². The molecule has 0 bridgehead atoms. The van der Waals surface area contributed by atoms with Gasteiger partial charge in [0.25, 0.3) is 0 Å². The van der Waals surface area contributed by atoms with Gasteiger partial charge in [0, 0.05) is 11.6 Å². The Morgan fingerprint density at radius 2 is 1.58 bits per heavy atom. The van der Waals surface area contributed by atoms with Crippen molar-refractivity contribution >= 4 is 11.6 Å². The SMILES string of the molecule is Cc1c(COc2cc(OCc3cccc(C#N)c3)c(CNC#N)cc2Cl)cccc1-c1ccccc1. The molecule has 4 rings (SSSR count). The molecule has 178 valence electrons. The zero-order valence-corrected chi connectivity index (χ0v) is 20.5. The Labute approximate surface area is 216 Å². The second-order valence-corrected chi connectivity index (χ2v) is 8.61. The van der Waals surface area contributed by atoms with Crippen LogP contribution in [0.3, 0.4) is 0 Å². The summed E-state index contributed by atoms with van der Waals surface area (Å²) in [6.07, 6.45) is 1.92. The fourth-order valence-electron chi connectivity index (χ4n) is 3.91. The first-order valence-electron chi connectivity index (χ1n) is 11.4. The third kappa shape index (κ3) is 5.96. The van der Waals surface area contributed by atoms with Crippen LogP contribution in [0.1, 0.15) is 27.8 Å². The fourth-order valence-corrected chi connectivity index (χ4v) is 4.15. The van der Waals surface area contributed by atoms with Gasteiger partial charge in [-0.2, -0.15) is 10.5 Å². The molecule has 0 spiro atoms. The molecule has 0 heterocycles. The van der Waals surface area contributed by atoms with Crippen LogP contribution < -0.4 is 14.8 Å². The first kappa shape index (κ1) is 24.7. The van der Waals surface area contributed by atoms with Crippen molar-refractivity contribution in [3.63, 3.8) is 0 Å². The molecule has 1 N–H and O–H groups in total. The van der Waals surface area contributed by atoms with E-state index in [2.05, 4.69) is 36.5 Å². The van der Waals surface area contributed by atoms with E-state index in [9.17, 15) is 0 Å². The molecular formula is C30H24ClN3O2. The number of benzene rings is 4. The summed E-state index contributed by atoms with van der Waals surface area (Å²) in [5.41, 5.74) is 6.66. The third-order valence-electron chi connectivity index (χ3n) is 5.84. The highest BCUT2D eigenvalue weighted by Gasteiger charge is 2.13. The molecule has 0 atom stereocenters. The maximum absolute atomic E-state index is 9.15. The van der Waals surface area contributed by atoms with Gasteiger partial charge in [-0.15, -0.1) is 0 Å². The molecule has 36 heavy (non-hydrogen) atoms. The number of nitrogens with zero attached hydrogens (tertiary/aromatic N) is 2. The Bertz CT molecular complexity index is 1440. The number of hydrogen-bond acceptors (Lipinski definition) is 5. The van der Waals surface area contributed by atoms with E-state index in [4.69, 9.17) is 31.6 Å². The third-order valence-corrected chi connectivity index (χ3v) is 6.13. The van der Waals surface area contributed by atoms with Gasteiger partial charge in [-0.25, -0.2) is 0 Å². The predicted molar refractivity (Wildman–Crippen MR) is 140 cm³/mol. The minimum atomic E-state index is 0.258. The van der Waals surface area contributed by atoms with Crippen LogP contribution in [0.15, 0.2) is 84.9 Å². The van der Waals surface area contributed by atoms with Gasteiger partial charge < -0.3 is 14.8 Å². The van der Waals surface area contributed by atoms with Crippen molar-refractivity contribution < 1.29 is 9.47 Å². The van der Waals surface area contributed by atoms with E-state index in [0.29, 0.717) is 28.7 Å². The standard InChI is InChI=1S/C30H24ClN3O2/c1-21-25(11-6-12-27(21)24-9-3-2-4-10-24)19-36-30-15-29(26(14-28(30)31)17-34-20-33)35-18-23-8-5-7-22(13-23)16-32/h2-15,34H,17-19H2,1H3. The highest BCUT2D eigenvalue weighted by Crippen LogP contribution is 2.35. The van der Waals surface area contributed by atoms with Crippen LogP contribution in [0.2, 0.25) is 5.02 Å². The minimum Gasteiger partial charge on any atom is -0.488 e. The van der Waals surface area contributed by atoms with Crippen LogP contribution in [0.4, 0.5) is 0 Å². The maximum Gasteiger partial charge on any atom is 0.176 e. The quantitative estimate of drug-likeness (QED) is 0.202. The van der Waals surface area contributed by atoms with Gasteiger partial charge >= 0.3 is 0 Å². The normalized spacial score (nSPS) is 10.2. The summed E-state index contributed by atoms with van der Waals surface area (Å²) >= 11 is 6.54. The first-order valence-corrected chi connectivity index (χ1v) is 11.8. The van der Waals surface area contributed by atoms with E-state index in [1.807, 2.05) is 48.7 Å². The number of halogens is 1. The van der Waals surface area contributed by atoms with Crippen molar-refractivity contribution in [2.75, 3.05) is 0 Å². The van der Waals surface area contributed by atoms with E-state index in [-0.39, 0.29) is 13.2 Å². The summed E-state index contributed by atoms with van der Waals surface area (Å²) in [4.78, 5) is 0. The highest BCUT2D eigenvalue weighted by molar-refractivity contribution is 6.32. The molecule has 0 unspecified atom stereocenters. The summed E-state index contributed by atoms with van der Waals surface area (Å²) in [7, 11) is 0. The molecule has 0 saturated heterocycles. The summed E-state index contributed by atoms with van der Waals surface area (Å²) in [6, 6.07) is 29.3. The van der Waals surface area contributed by atoms with Gasteiger partial charge in [0.05, 0.1) is 23.2 Å². The zero-order chi connectivity index (χ0) is 25.3. The Balaban J connectivity index is 1.56. The minimum absolute atomic E-state index is 0.258. The summed E-state index contributed by atoms with van der Waals surface area (Å²) in [5, 5.41) is 21.2. The summed E-state index contributed by atoms with van der Waals surface area (Å²) in [6.45, 7) is 2.95. The number of ether oxygens (including phenoxy) is 2. The maximum atomic E-state index is 9.15. The van der Waals surface area contributed by atoms with Gasteiger partial charge in [0.2, 0.25) is 0 Å². The second kappa shape index (κ2) is 11.8. The molecule has 4 aromatic rings. The number of rotatable bonds is 9. The van der Waals surface area contributed by atoms with Gasteiger partial charge in [0.15, 0.2) is 6.19 Å². The number of nitriles is 2. The van der Waals surface area contributed by atoms with E-state index in [0.717, 1.165) is 33.4 Å². The van der Waals surface area contributed by atoms with Crippen molar-refractivity contribution in [3.8, 4) is 34.9 Å². The van der Waals surface area contributed by atoms with Crippen LogP contribution >= 0.6 is 11.6 Å². The number of nitrogens with one attached hydrogen (secondary N) is 1. The average Bonchev–Trinajstić information content (AvgIpc) is 2.91. The Morgan fingerprint density at radius 1 is 0.806 bits per heavy atom. The van der Waals surface area contributed by atoms with Gasteiger partial charge in [-0.3, -0.25) is 0 Å². The van der Waals surface area contributed by atoms with Crippen molar-refractivity contribution in [3.05, 3.63) is 118 Å². The molecule has 0 aromatic heterocycles. The lowest BCUT2D eigenvalue weighted by atomic mass is 9.97. The Morgan fingerprint density at radius 3 is 2.36 bits per heavy atom. The lowest BCUT2D eigenvalue weighted by Crippen LogP contribution is -2.08. The smallest absolute Gasteiger partial charge is 0.176 e. The van der Waals surface area contributed by atoms with Crippen LogP contribution in [-0.2, 0) is 19.8 Å². The van der Waals surface area contributed by atoms with E-state index in [1.165, 1.54) is 0 Å². The largest absolute Gasteiger partial charge is 0.488 e. The lowest BCUT2D eigenvalue weighted by molar-refractivity contribution is 0.287. The lowest BCUT2D eigenvalue weighted by Gasteiger charge is -2.17. The average molecular weight is 494 g/mol. The highest BCUT2D eigenvalue weighted by atomic mass is 35.5. The van der Waals surface area contributed by atoms with Crippen LogP contribution in [-0.4, -0.2) is 0 Å². The van der Waals surface area contributed by atoms with Crippen LogP contribution in [0.5, 0.6) is 11.5 Å². The molecule has 0 aliphatic heterocycles. The topological polar surface area (TPSA) is 78.1 Å². The Kier molecular flexibility index (Phi) is 8.08. The van der Waals surface area contributed by atoms with Gasteiger partial charge in [-0.05, 0) is 52.9 Å². The second-order valence-electron chi connectivity index (χ2n) is 8.20. The summed E-state index contributed by atoms with van der Waals surface area (Å²) < 4.78 is 12.2. The van der Waals surface area contributed by atoms with Crippen molar-refractivity contribution in [2.45, 2.75) is 26.7 Å². The Hall–Kier alpha value is -4.45. The summed E-state index contributed by atoms with van der Waals surface area (Å²) in [5.74, 6) is 1.04. The zero-order valence-electron chi connectivity index (χ0n) is 19.8. The molecule has 0 aliphatic carbocycles.